The van der Waals surface area contributed by atoms with Crippen molar-refractivity contribution in [3.8, 4) is 0 Å². The lowest BCUT2D eigenvalue weighted by Crippen LogP contribution is -2.31. The third-order valence-electron chi connectivity index (χ3n) is 3.17. The highest BCUT2D eigenvalue weighted by atomic mass is 35.5. The Kier molecular flexibility index (Phi) is 5.49. The van der Waals surface area contributed by atoms with Crippen LogP contribution in [0.25, 0.3) is 0 Å². The van der Waals surface area contributed by atoms with Crippen molar-refractivity contribution in [3.05, 3.63) is 23.2 Å². The average molecular weight is 348 g/mol. The smallest absolute Gasteiger partial charge is 0.319 e. The molecule has 7 nitrogen and oxygen atoms in total. The van der Waals surface area contributed by atoms with Gasteiger partial charge in [-0.15, -0.1) is 0 Å². The molecule has 1 aliphatic rings. The van der Waals surface area contributed by atoms with E-state index in [4.69, 9.17) is 16.3 Å². The van der Waals surface area contributed by atoms with Crippen LogP contribution in [0, 0.1) is 0 Å². The molecule has 0 radical (unpaired) electrons. The van der Waals surface area contributed by atoms with E-state index in [0.29, 0.717) is 37.5 Å². The number of anilines is 2. The molecule has 0 saturated carbocycles. The van der Waals surface area contributed by atoms with Crippen LogP contribution >= 0.6 is 11.6 Å². The number of halogens is 1. The first-order valence-electron chi connectivity index (χ1n) is 6.78. The van der Waals surface area contributed by atoms with Gasteiger partial charge in [-0.2, -0.15) is 0 Å². The van der Waals surface area contributed by atoms with Gasteiger partial charge < -0.3 is 15.4 Å². The summed E-state index contributed by atoms with van der Waals surface area (Å²) in [7, 11) is -1.73. The van der Waals surface area contributed by atoms with Crippen molar-refractivity contribution < 1.29 is 17.9 Å². The lowest BCUT2D eigenvalue weighted by atomic mass is 10.2. The van der Waals surface area contributed by atoms with Crippen molar-refractivity contribution in [1.29, 1.82) is 0 Å². The second-order valence-electron chi connectivity index (χ2n) is 4.78. The second-order valence-corrected chi connectivity index (χ2v) is 7.20. The zero-order chi connectivity index (χ0) is 16.2. The van der Waals surface area contributed by atoms with Crippen molar-refractivity contribution in [2.75, 3.05) is 42.2 Å². The number of nitrogens with one attached hydrogen (secondary N) is 2. The number of carbonyl (C=O) groups is 1. The van der Waals surface area contributed by atoms with E-state index in [0.717, 1.165) is 0 Å². The topological polar surface area (TPSA) is 87.7 Å². The van der Waals surface area contributed by atoms with Crippen LogP contribution in [0.3, 0.4) is 0 Å². The van der Waals surface area contributed by atoms with Crippen LogP contribution in [-0.4, -0.2) is 47.0 Å². The Hall–Kier alpha value is -1.51. The van der Waals surface area contributed by atoms with Crippen LogP contribution in [0.4, 0.5) is 16.2 Å². The summed E-state index contributed by atoms with van der Waals surface area (Å²) >= 11 is 6.15. The van der Waals surface area contributed by atoms with Crippen LogP contribution in [0.1, 0.15) is 6.42 Å². The number of nitrogens with zero attached hydrogens (tertiary/aromatic N) is 1. The first-order valence-corrected chi connectivity index (χ1v) is 8.76. The molecule has 2 amide bonds. The number of amides is 2. The number of hydrogen-bond acceptors (Lipinski definition) is 4. The molecular formula is C13H18ClN3O4S. The number of urea groups is 1. The Morgan fingerprint density at radius 2 is 2.23 bits per heavy atom. The fourth-order valence-electron chi connectivity index (χ4n) is 2.14. The van der Waals surface area contributed by atoms with Crippen LogP contribution in [0.2, 0.25) is 5.02 Å². The predicted molar refractivity (Wildman–Crippen MR) is 86.1 cm³/mol. The molecule has 0 aromatic heterocycles. The van der Waals surface area contributed by atoms with Gasteiger partial charge in [-0.05, 0) is 24.6 Å². The summed E-state index contributed by atoms with van der Waals surface area (Å²) in [6.07, 6.45) is 0.584. The maximum absolute atomic E-state index is 11.9. The third-order valence-corrected chi connectivity index (χ3v) is 5.32. The van der Waals surface area contributed by atoms with Gasteiger partial charge in [-0.1, -0.05) is 11.6 Å². The van der Waals surface area contributed by atoms with E-state index >= 15 is 0 Å². The maximum atomic E-state index is 11.9. The van der Waals surface area contributed by atoms with Gasteiger partial charge in [0.05, 0.1) is 23.1 Å². The van der Waals surface area contributed by atoms with Crippen molar-refractivity contribution in [1.82, 2.24) is 5.32 Å². The van der Waals surface area contributed by atoms with Gasteiger partial charge >= 0.3 is 6.03 Å². The third kappa shape index (κ3) is 4.02. The number of benzene rings is 1. The van der Waals surface area contributed by atoms with Crippen molar-refractivity contribution >= 4 is 39.0 Å². The number of ether oxygens (including phenoxy) is 1. The zero-order valence-electron chi connectivity index (χ0n) is 12.1. The molecule has 1 aliphatic heterocycles. The number of sulfonamides is 1. The van der Waals surface area contributed by atoms with Crippen molar-refractivity contribution in [2.45, 2.75) is 6.42 Å². The van der Waals surface area contributed by atoms with Crippen LogP contribution in [0.15, 0.2) is 18.2 Å². The largest absolute Gasteiger partial charge is 0.383 e. The van der Waals surface area contributed by atoms with Crippen molar-refractivity contribution in [3.63, 3.8) is 0 Å². The monoisotopic (exact) mass is 347 g/mol. The highest BCUT2D eigenvalue weighted by Gasteiger charge is 2.29. The molecule has 2 N–H and O–H groups in total. The van der Waals surface area contributed by atoms with E-state index in [9.17, 15) is 13.2 Å². The summed E-state index contributed by atoms with van der Waals surface area (Å²) in [6.45, 7) is 1.23. The Morgan fingerprint density at radius 1 is 1.45 bits per heavy atom. The molecule has 0 unspecified atom stereocenters. The summed E-state index contributed by atoms with van der Waals surface area (Å²) in [5, 5.41) is 5.51. The van der Waals surface area contributed by atoms with Gasteiger partial charge in [0.15, 0.2) is 0 Å². The highest BCUT2D eigenvalue weighted by molar-refractivity contribution is 7.93. The molecule has 2 rings (SSSR count). The first kappa shape index (κ1) is 16.9. The molecule has 22 heavy (non-hydrogen) atoms. The number of carbonyl (C=O) groups excluding carboxylic acids is 1. The van der Waals surface area contributed by atoms with Crippen LogP contribution in [0.5, 0.6) is 0 Å². The molecular weight excluding hydrogens is 330 g/mol. The van der Waals surface area contributed by atoms with Gasteiger partial charge in [0.2, 0.25) is 10.0 Å². The summed E-state index contributed by atoms with van der Waals surface area (Å²) in [5.74, 6) is 0.130. The SMILES string of the molecule is COCCNC(=O)Nc1ccc(N2CCCS2(=O)=O)c(Cl)c1. The van der Waals surface area contributed by atoms with Gasteiger partial charge in [0, 0.05) is 25.9 Å². The Morgan fingerprint density at radius 3 is 2.82 bits per heavy atom. The molecule has 1 fully saturated rings. The molecule has 1 aromatic rings. The quantitative estimate of drug-likeness (QED) is 0.793. The van der Waals surface area contributed by atoms with E-state index in [1.54, 1.807) is 19.2 Å². The number of hydrogen-bond donors (Lipinski definition) is 2. The summed E-state index contributed by atoms with van der Waals surface area (Å²) < 4.78 is 29.9. The molecule has 9 heteroatoms. The fraction of sp³-hybridized carbons (Fsp3) is 0.462. The summed E-state index contributed by atoms with van der Waals surface area (Å²) in [4.78, 5) is 11.6. The molecule has 1 heterocycles. The van der Waals surface area contributed by atoms with Gasteiger partial charge in [0.25, 0.3) is 0 Å². The summed E-state index contributed by atoms with van der Waals surface area (Å²) in [6, 6.07) is 4.36. The highest BCUT2D eigenvalue weighted by Crippen LogP contribution is 2.33. The molecule has 0 atom stereocenters. The average Bonchev–Trinajstić information content (AvgIpc) is 2.79. The van der Waals surface area contributed by atoms with E-state index in [-0.39, 0.29) is 16.8 Å². The van der Waals surface area contributed by atoms with Gasteiger partial charge in [-0.25, -0.2) is 13.2 Å². The van der Waals surface area contributed by atoms with Gasteiger partial charge in [-0.3, -0.25) is 4.31 Å². The lowest BCUT2D eigenvalue weighted by molar-refractivity contribution is 0.198. The molecule has 1 aromatic carbocycles. The second kappa shape index (κ2) is 7.17. The zero-order valence-corrected chi connectivity index (χ0v) is 13.7. The van der Waals surface area contributed by atoms with Crippen LogP contribution in [-0.2, 0) is 14.8 Å². The number of methoxy groups -OCH3 is 1. The maximum Gasteiger partial charge on any atom is 0.319 e. The lowest BCUT2D eigenvalue weighted by Gasteiger charge is -2.19. The fourth-order valence-corrected chi connectivity index (χ4v) is 4.05. The molecule has 1 saturated heterocycles. The van der Waals surface area contributed by atoms with E-state index in [2.05, 4.69) is 10.6 Å². The normalized spacial score (nSPS) is 16.5. The molecule has 0 bridgehead atoms. The van der Waals surface area contributed by atoms with E-state index < -0.39 is 10.0 Å². The standard InChI is InChI=1S/C13H18ClN3O4S/c1-21-7-5-15-13(18)16-10-3-4-12(11(14)9-10)17-6-2-8-22(17,19)20/h3-4,9H,2,5-8H2,1H3,(H2,15,16,18). The molecule has 0 aliphatic carbocycles. The predicted octanol–water partition coefficient (Wildman–Crippen LogP) is 1.65. The van der Waals surface area contributed by atoms with Crippen LogP contribution < -0.4 is 14.9 Å². The van der Waals surface area contributed by atoms with Crippen molar-refractivity contribution in [2.24, 2.45) is 0 Å². The molecule has 0 spiro atoms. The molecule has 122 valence electrons. The van der Waals surface area contributed by atoms with Gasteiger partial charge in [0.1, 0.15) is 0 Å². The minimum absolute atomic E-state index is 0.130. The Bertz CT molecular complexity index is 651. The Balaban J connectivity index is 2.05. The Labute approximate surface area is 134 Å². The number of rotatable bonds is 5. The van der Waals surface area contributed by atoms with E-state index in [1.807, 2.05) is 0 Å². The minimum atomic E-state index is -3.28. The minimum Gasteiger partial charge on any atom is -0.383 e. The van der Waals surface area contributed by atoms with E-state index in [1.165, 1.54) is 10.4 Å². The summed E-state index contributed by atoms with van der Waals surface area (Å²) in [5.41, 5.74) is 0.921. The first-order chi connectivity index (χ1) is 10.4.